The highest BCUT2D eigenvalue weighted by Crippen LogP contribution is 2.23. The van der Waals surface area contributed by atoms with Crippen molar-refractivity contribution in [3.05, 3.63) is 60.2 Å². The van der Waals surface area contributed by atoms with Crippen molar-refractivity contribution < 1.29 is 14.3 Å². The van der Waals surface area contributed by atoms with E-state index in [0.717, 1.165) is 28.3 Å². The molecule has 3 rings (SSSR count). The molecule has 0 atom stereocenters. The lowest BCUT2D eigenvalue weighted by atomic mass is 10.2. The average molecular weight is 383 g/mol. The second-order valence-corrected chi connectivity index (χ2v) is 6.78. The van der Waals surface area contributed by atoms with Crippen LogP contribution in [-0.2, 0) is 27.5 Å². The van der Waals surface area contributed by atoms with Gasteiger partial charge in [0.15, 0.2) is 5.16 Å². The molecule has 0 radical (unpaired) electrons. The van der Waals surface area contributed by atoms with E-state index in [1.807, 2.05) is 61.5 Å². The number of para-hydroxylation sites is 2. The third kappa shape index (κ3) is 5.10. The summed E-state index contributed by atoms with van der Waals surface area (Å²) in [6.45, 7) is 2.87. The number of fused-ring (bicyclic) bond motifs is 1. The highest BCUT2D eigenvalue weighted by atomic mass is 32.2. The first-order chi connectivity index (χ1) is 13.2. The van der Waals surface area contributed by atoms with Crippen LogP contribution >= 0.6 is 11.8 Å². The number of aryl methyl sites for hydroxylation is 1. The molecule has 0 saturated heterocycles. The van der Waals surface area contributed by atoms with E-state index >= 15 is 0 Å². The minimum Gasteiger partial charge on any atom is -0.460 e. The average Bonchev–Trinajstić information content (AvgIpc) is 3.07. The molecule has 0 spiro atoms. The van der Waals surface area contributed by atoms with Crippen LogP contribution in [0.2, 0.25) is 0 Å². The quantitative estimate of drug-likeness (QED) is 0.478. The molecule has 0 aliphatic carbocycles. The maximum atomic E-state index is 12.0. The molecular formula is C20H21N3O3S. The molecule has 1 aromatic heterocycles. The fraction of sp³-hybridized carbons (Fsp3) is 0.250. The van der Waals surface area contributed by atoms with Crippen LogP contribution in [0.15, 0.2) is 59.8 Å². The third-order valence-corrected chi connectivity index (χ3v) is 4.92. The number of imidazole rings is 1. The Morgan fingerprint density at radius 3 is 2.63 bits per heavy atom. The minimum absolute atomic E-state index is 0.142. The molecule has 7 heteroatoms. The lowest BCUT2D eigenvalue weighted by molar-refractivity contribution is -0.145. The van der Waals surface area contributed by atoms with Crippen molar-refractivity contribution in [1.82, 2.24) is 14.9 Å². The van der Waals surface area contributed by atoms with Crippen molar-refractivity contribution in [1.29, 1.82) is 0 Å². The third-order valence-electron chi connectivity index (χ3n) is 3.94. The van der Waals surface area contributed by atoms with Crippen molar-refractivity contribution in [3.8, 4) is 0 Å². The number of benzene rings is 2. The summed E-state index contributed by atoms with van der Waals surface area (Å²) < 4.78 is 7.21. The van der Waals surface area contributed by atoms with E-state index < -0.39 is 5.97 Å². The van der Waals surface area contributed by atoms with Gasteiger partial charge in [-0.25, -0.2) is 4.98 Å². The van der Waals surface area contributed by atoms with E-state index in [0.29, 0.717) is 0 Å². The van der Waals surface area contributed by atoms with Gasteiger partial charge in [0.05, 0.1) is 16.8 Å². The Kier molecular flexibility index (Phi) is 6.49. The van der Waals surface area contributed by atoms with Gasteiger partial charge in [0.2, 0.25) is 5.91 Å². The first-order valence-electron chi connectivity index (χ1n) is 8.71. The summed E-state index contributed by atoms with van der Waals surface area (Å²) in [4.78, 5) is 28.4. The van der Waals surface area contributed by atoms with Crippen LogP contribution in [0, 0.1) is 0 Å². The smallest absolute Gasteiger partial charge is 0.325 e. The summed E-state index contributed by atoms with van der Waals surface area (Å²) >= 11 is 1.36. The predicted molar refractivity (Wildman–Crippen MR) is 105 cm³/mol. The fourth-order valence-corrected chi connectivity index (χ4v) is 3.52. The van der Waals surface area contributed by atoms with Crippen LogP contribution in [0.5, 0.6) is 0 Å². The van der Waals surface area contributed by atoms with Gasteiger partial charge in [0.1, 0.15) is 13.2 Å². The van der Waals surface area contributed by atoms with Crippen molar-refractivity contribution in [2.24, 2.45) is 0 Å². The Morgan fingerprint density at radius 2 is 1.85 bits per heavy atom. The van der Waals surface area contributed by atoms with Gasteiger partial charge in [0, 0.05) is 6.54 Å². The van der Waals surface area contributed by atoms with Crippen LogP contribution < -0.4 is 5.32 Å². The van der Waals surface area contributed by atoms with Gasteiger partial charge in [-0.3, -0.25) is 9.59 Å². The molecule has 3 aromatic rings. The lowest BCUT2D eigenvalue weighted by Gasteiger charge is -2.07. The Balaban J connectivity index is 1.45. The number of rotatable bonds is 8. The predicted octanol–water partition coefficient (Wildman–Crippen LogP) is 3.01. The zero-order valence-corrected chi connectivity index (χ0v) is 15.9. The molecular weight excluding hydrogens is 362 g/mol. The number of ether oxygens (including phenoxy) is 1. The van der Waals surface area contributed by atoms with Crippen LogP contribution in [0.1, 0.15) is 12.5 Å². The monoisotopic (exact) mass is 383 g/mol. The van der Waals surface area contributed by atoms with Gasteiger partial charge in [-0.05, 0) is 24.6 Å². The summed E-state index contributed by atoms with van der Waals surface area (Å²) in [6, 6.07) is 17.3. The summed E-state index contributed by atoms with van der Waals surface area (Å²) in [5.74, 6) is -0.501. The first-order valence-corrected chi connectivity index (χ1v) is 9.70. The van der Waals surface area contributed by atoms with E-state index in [1.54, 1.807) is 0 Å². The van der Waals surface area contributed by atoms with Crippen LogP contribution in [-0.4, -0.2) is 33.7 Å². The standard InChI is InChI=1S/C20H21N3O3S/c1-2-23-17-11-7-6-10-16(17)22-20(23)27-14-18(24)21-12-19(25)26-13-15-8-4-3-5-9-15/h3-11H,2,12-14H2,1H3,(H,21,24). The van der Waals surface area contributed by atoms with Crippen LogP contribution in [0.3, 0.4) is 0 Å². The van der Waals surface area contributed by atoms with Crippen molar-refractivity contribution in [2.45, 2.75) is 25.2 Å². The van der Waals surface area contributed by atoms with Crippen LogP contribution in [0.25, 0.3) is 11.0 Å². The maximum Gasteiger partial charge on any atom is 0.325 e. The Labute approximate surface area is 161 Å². The Morgan fingerprint density at radius 1 is 1.11 bits per heavy atom. The topological polar surface area (TPSA) is 73.2 Å². The fourth-order valence-electron chi connectivity index (χ4n) is 2.61. The largest absolute Gasteiger partial charge is 0.460 e. The molecule has 2 aromatic carbocycles. The van der Waals surface area contributed by atoms with Gasteiger partial charge in [-0.15, -0.1) is 0 Å². The summed E-state index contributed by atoms with van der Waals surface area (Å²) in [5, 5.41) is 3.38. The lowest BCUT2D eigenvalue weighted by Crippen LogP contribution is -2.31. The number of hydrogen-bond donors (Lipinski definition) is 1. The SMILES string of the molecule is CCn1c(SCC(=O)NCC(=O)OCc2ccccc2)nc2ccccc21. The molecule has 140 valence electrons. The molecule has 1 heterocycles. The Bertz CT molecular complexity index is 925. The van der Waals surface area contributed by atoms with Gasteiger partial charge >= 0.3 is 5.97 Å². The molecule has 0 aliphatic heterocycles. The van der Waals surface area contributed by atoms with Crippen molar-refractivity contribution >= 4 is 34.7 Å². The molecule has 0 fully saturated rings. The number of amides is 1. The number of nitrogens with one attached hydrogen (secondary N) is 1. The number of nitrogens with zero attached hydrogens (tertiary/aromatic N) is 2. The summed E-state index contributed by atoms with van der Waals surface area (Å²) in [5.41, 5.74) is 2.87. The normalized spacial score (nSPS) is 10.7. The van der Waals surface area contributed by atoms with E-state index in [-0.39, 0.29) is 24.8 Å². The van der Waals surface area contributed by atoms with Crippen molar-refractivity contribution in [3.63, 3.8) is 0 Å². The van der Waals surface area contributed by atoms with Crippen molar-refractivity contribution in [2.75, 3.05) is 12.3 Å². The number of aromatic nitrogens is 2. The zero-order valence-electron chi connectivity index (χ0n) is 15.1. The molecule has 6 nitrogen and oxygen atoms in total. The minimum atomic E-state index is -0.460. The van der Waals surface area contributed by atoms with Gasteiger partial charge < -0.3 is 14.6 Å². The second kappa shape index (κ2) is 9.23. The zero-order chi connectivity index (χ0) is 19.1. The molecule has 0 saturated carbocycles. The molecule has 1 amide bonds. The molecule has 0 unspecified atom stereocenters. The molecule has 27 heavy (non-hydrogen) atoms. The molecule has 0 aliphatic rings. The molecule has 0 bridgehead atoms. The van der Waals surface area contributed by atoms with E-state index in [1.165, 1.54) is 11.8 Å². The maximum absolute atomic E-state index is 12.0. The van der Waals surface area contributed by atoms with E-state index in [9.17, 15) is 9.59 Å². The highest BCUT2D eigenvalue weighted by molar-refractivity contribution is 7.99. The molecule has 1 N–H and O–H groups in total. The van der Waals surface area contributed by atoms with E-state index in [4.69, 9.17) is 4.74 Å². The highest BCUT2D eigenvalue weighted by Gasteiger charge is 2.12. The van der Waals surface area contributed by atoms with Crippen LogP contribution in [0.4, 0.5) is 0 Å². The number of thioether (sulfide) groups is 1. The number of carbonyl (C=O) groups is 2. The summed E-state index contributed by atoms with van der Waals surface area (Å²) in [7, 11) is 0. The number of esters is 1. The van der Waals surface area contributed by atoms with Gasteiger partial charge in [-0.1, -0.05) is 54.2 Å². The Hall–Kier alpha value is -2.80. The van der Waals surface area contributed by atoms with E-state index in [2.05, 4.69) is 14.9 Å². The summed E-state index contributed by atoms with van der Waals surface area (Å²) in [6.07, 6.45) is 0. The number of carbonyl (C=O) groups excluding carboxylic acids is 2. The number of hydrogen-bond acceptors (Lipinski definition) is 5. The van der Waals surface area contributed by atoms with Gasteiger partial charge in [-0.2, -0.15) is 0 Å². The second-order valence-electron chi connectivity index (χ2n) is 5.84. The first kappa shape index (κ1) is 19.0. The van der Waals surface area contributed by atoms with Gasteiger partial charge in [0.25, 0.3) is 0 Å².